The van der Waals surface area contributed by atoms with E-state index in [-0.39, 0.29) is 47.1 Å². The second kappa shape index (κ2) is 21.9. The van der Waals surface area contributed by atoms with Crippen LogP contribution < -0.4 is 24.0 Å². The summed E-state index contributed by atoms with van der Waals surface area (Å²) in [6, 6.07) is 10.7. The monoisotopic (exact) mass is 292 g/mol. The molecule has 0 heterocycles. The van der Waals surface area contributed by atoms with Gasteiger partial charge in [-0.1, -0.05) is 30.3 Å². The number of benzene rings is 1. The van der Waals surface area contributed by atoms with Crippen molar-refractivity contribution in [2.75, 3.05) is 0 Å². The summed E-state index contributed by atoms with van der Waals surface area (Å²) >= 11 is 0. The van der Waals surface area contributed by atoms with Crippen LogP contribution in [-0.2, 0) is 19.5 Å². The molecule has 1 rings (SSSR count). The average Bonchev–Trinajstić information content (AvgIpc) is 2.21. The summed E-state index contributed by atoms with van der Waals surface area (Å²) in [5, 5.41) is 1.52. The van der Waals surface area contributed by atoms with Gasteiger partial charge >= 0.3 is 38.3 Å². The summed E-state index contributed by atoms with van der Waals surface area (Å²) in [6.07, 6.45) is 4.00. The molecule has 0 aromatic heterocycles. The zero-order chi connectivity index (χ0) is 12.1. The van der Waals surface area contributed by atoms with Crippen LogP contribution in [-0.4, -0.2) is 8.80 Å². The van der Waals surface area contributed by atoms with Crippen LogP contribution in [0.4, 0.5) is 0 Å². The first-order valence-corrected chi connectivity index (χ1v) is 7.97. The average molecular weight is 294 g/mol. The molecular weight excluding hydrogens is 269 g/mol. The predicted molar refractivity (Wildman–Crippen MR) is 74.9 cm³/mol. The van der Waals surface area contributed by atoms with Gasteiger partial charge in [0.15, 0.2) is 0 Å². The molecule has 0 fully saturated rings. The van der Waals surface area contributed by atoms with E-state index in [4.69, 9.17) is 0 Å². The van der Waals surface area contributed by atoms with Gasteiger partial charge in [0.1, 0.15) is 0 Å². The van der Waals surface area contributed by atoms with Crippen LogP contribution in [0.15, 0.2) is 30.3 Å². The first-order valence-electron chi connectivity index (χ1n) is 5.47. The molecule has 0 saturated heterocycles. The summed E-state index contributed by atoms with van der Waals surface area (Å²) in [7, 11) is -0.212. The second-order valence-electron chi connectivity index (χ2n) is 3.52. The van der Waals surface area contributed by atoms with Crippen molar-refractivity contribution in [1.82, 2.24) is 0 Å². The Kier molecular flexibility index (Phi) is 33.8. The van der Waals surface area contributed by atoms with Gasteiger partial charge in [0.2, 0.25) is 0 Å². The van der Waals surface area contributed by atoms with Crippen molar-refractivity contribution in [1.29, 1.82) is 0 Å². The Labute approximate surface area is 136 Å². The molecule has 1 aromatic carbocycles. The van der Waals surface area contributed by atoms with Crippen molar-refractivity contribution in [2.24, 2.45) is 0 Å². The first-order chi connectivity index (χ1) is 7.13. The molecule has 1 aromatic rings. The van der Waals surface area contributed by atoms with Crippen LogP contribution in [0, 0.1) is 12.8 Å². The van der Waals surface area contributed by atoms with Gasteiger partial charge < -0.3 is 12.8 Å². The molecule has 0 amide bonds. The van der Waals surface area contributed by atoms with Gasteiger partial charge in [0.05, 0.1) is 0 Å². The Morgan fingerprint density at radius 2 is 1.12 bits per heavy atom. The van der Waals surface area contributed by atoms with E-state index in [1.807, 2.05) is 40.5 Å². The fourth-order valence-corrected chi connectivity index (χ4v) is 1.63. The smallest absolute Gasteiger partial charge is 0.335 e. The first kappa shape index (κ1) is 26.3. The van der Waals surface area contributed by atoms with Crippen LogP contribution >= 0.6 is 0 Å². The Morgan fingerprint density at radius 3 is 1.29 bits per heavy atom. The van der Waals surface area contributed by atoms with E-state index in [2.05, 4.69) is 43.4 Å². The van der Waals surface area contributed by atoms with Gasteiger partial charge in [0, 0.05) is 0 Å². The molecule has 0 aliphatic rings. The third-order valence-electron chi connectivity index (χ3n) is 1.35. The van der Waals surface area contributed by atoms with E-state index in [1.165, 1.54) is 5.19 Å². The van der Waals surface area contributed by atoms with Crippen molar-refractivity contribution >= 4 is 14.0 Å². The van der Waals surface area contributed by atoms with Gasteiger partial charge in [-0.05, 0) is 0 Å². The molecule has 0 aliphatic carbocycles. The fraction of sp³-hybridized carbons (Fsp3) is 0.429. The molecule has 0 nitrogen and oxygen atoms in total. The Hall–Kier alpha value is 0.658. The van der Waals surface area contributed by atoms with E-state index in [9.17, 15) is 0 Å². The molecule has 0 saturated carbocycles. The SMILES string of the molecule is C[CH-]C.C[CH-]C.C[Si-](C)c1ccccc1.[Li+].[Zn+2]. The molecule has 0 unspecified atom stereocenters. The summed E-state index contributed by atoms with van der Waals surface area (Å²) < 4.78 is 0. The maximum absolute atomic E-state index is 2.31. The molecule has 0 radical (unpaired) electrons. The summed E-state index contributed by atoms with van der Waals surface area (Å²) in [4.78, 5) is 0. The Balaban J connectivity index is -0.0000000917. The van der Waals surface area contributed by atoms with Crippen molar-refractivity contribution in [3.05, 3.63) is 43.2 Å². The minimum Gasteiger partial charge on any atom is -0.335 e. The maximum atomic E-state index is 2.31. The number of rotatable bonds is 1. The topological polar surface area (TPSA) is 0 Å². The van der Waals surface area contributed by atoms with Gasteiger partial charge in [-0.3, -0.25) is 8.80 Å². The summed E-state index contributed by atoms with van der Waals surface area (Å²) in [5.74, 6) is 0. The molecule has 0 N–H and O–H groups in total. The predicted octanol–water partition coefficient (Wildman–Crippen LogP) is 1.11. The quantitative estimate of drug-likeness (QED) is 0.538. The number of hydrogen-bond acceptors (Lipinski definition) is 0. The molecule has 17 heavy (non-hydrogen) atoms. The second-order valence-corrected chi connectivity index (χ2v) is 6.10. The molecular formula is C14H25LiSiZn. The van der Waals surface area contributed by atoms with E-state index >= 15 is 0 Å². The standard InChI is InChI=1S/C8H11Si.2C3H7.Li.Zn/c1-9(2)8-6-4-3-5-7-8;2*1-3-2;;/h3-7H,1-2H3;2*3H,1-2H3;;/q3*-1;+1;+2. The van der Waals surface area contributed by atoms with Crippen LogP contribution in [0.2, 0.25) is 13.1 Å². The van der Waals surface area contributed by atoms with Crippen LogP contribution in [0.25, 0.3) is 0 Å². The van der Waals surface area contributed by atoms with Gasteiger partial charge in [0.25, 0.3) is 0 Å². The Morgan fingerprint density at radius 1 is 0.824 bits per heavy atom. The van der Waals surface area contributed by atoms with Crippen molar-refractivity contribution in [2.45, 2.75) is 40.8 Å². The van der Waals surface area contributed by atoms with Crippen LogP contribution in [0.3, 0.4) is 0 Å². The van der Waals surface area contributed by atoms with Crippen molar-refractivity contribution in [3.8, 4) is 0 Å². The van der Waals surface area contributed by atoms with E-state index in [0.29, 0.717) is 0 Å². The molecule has 0 spiro atoms. The van der Waals surface area contributed by atoms with Crippen LogP contribution in [0.1, 0.15) is 27.7 Å². The molecule has 88 valence electrons. The molecule has 0 atom stereocenters. The zero-order valence-corrected chi connectivity index (χ0v) is 16.7. The van der Waals surface area contributed by atoms with Gasteiger partial charge in [-0.25, -0.2) is 0 Å². The summed E-state index contributed by atoms with van der Waals surface area (Å²) in [6.45, 7) is 12.6. The molecule has 0 aliphatic heterocycles. The minimum atomic E-state index is -0.212. The molecule has 0 bridgehead atoms. The third kappa shape index (κ3) is 22.3. The molecule has 3 heteroatoms. The largest absolute Gasteiger partial charge is 2.00 e. The van der Waals surface area contributed by atoms with Crippen molar-refractivity contribution in [3.63, 3.8) is 0 Å². The van der Waals surface area contributed by atoms with Crippen molar-refractivity contribution < 1.29 is 38.3 Å². The van der Waals surface area contributed by atoms with Crippen LogP contribution in [0.5, 0.6) is 0 Å². The van der Waals surface area contributed by atoms with Gasteiger partial charge in [-0.15, -0.1) is 0 Å². The minimum absolute atomic E-state index is 0. The van der Waals surface area contributed by atoms with E-state index in [1.54, 1.807) is 0 Å². The van der Waals surface area contributed by atoms with E-state index < -0.39 is 0 Å². The third-order valence-corrected chi connectivity index (χ3v) is 2.84. The Bertz CT molecular complexity index is 201. The van der Waals surface area contributed by atoms with Gasteiger partial charge in [-0.2, -0.15) is 46.0 Å². The summed E-state index contributed by atoms with van der Waals surface area (Å²) in [5.41, 5.74) is 0. The van der Waals surface area contributed by atoms with E-state index in [0.717, 1.165) is 0 Å². The normalized spacial score (nSPS) is 6.94. The fourth-order valence-electron chi connectivity index (χ4n) is 0.771. The zero-order valence-electron chi connectivity index (χ0n) is 12.7. The maximum Gasteiger partial charge on any atom is 2.00 e. The number of hydrogen-bond donors (Lipinski definition) is 0.